The molecule has 2 amide bonds. The molecule has 30 heavy (non-hydrogen) atoms. The number of nitrogens with zero attached hydrogens (tertiary/aromatic N) is 1. The molecule has 4 rings (SSSR count). The summed E-state index contributed by atoms with van der Waals surface area (Å²) in [7, 11) is 1.61. The molecule has 1 aliphatic heterocycles. The minimum Gasteiger partial charge on any atom is -0.497 e. The Hall–Kier alpha value is -3.02. The number of carbonyl (C=O) groups excluding carboxylic acids is 2. The summed E-state index contributed by atoms with van der Waals surface area (Å²) in [5, 5.41) is 3.00. The van der Waals surface area contributed by atoms with E-state index in [-0.39, 0.29) is 17.7 Å². The average Bonchev–Trinajstić information content (AvgIpc) is 3.61. The van der Waals surface area contributed by atoms with Gasteiger partial charge in [0.2, 0.25) is 0 Å². The molecular formula is C24H28N2O4. The van der Waals surface area contributed by atoms with E-state index in [0.717, 1.165) is 38.0 Å². The fourth-order valence-electron chi connectivity index (χ4n) is 3.74. The monoisotopic (exact) mass is 408 g/mol. The predicted molar refractivity (Wildman–Crippen MR) is 114 cm³/mol. The second-order valence-electron chi connectivity index (χ2n) is 8.07. The van der Waals surface area contributed by atoms with Crippen LogP contribution in [0.15, 0.2) is 48.5 Å². The number of hydrogen-bond donors (Lipinski definition) is 1. The van der Waals surface area contributed by atoms with Crippen LogP contribution in [0.3, 0.4) is 0 Å². The summed E-state index contributed by atoms with van der Waals surface area (Å²) in [6, 6.07) is 14.9. The number of methoxy groups -OCH3 is 1. The van der Waals surface area contributed by atoms with Crippen molar-refractivity contribution in [3.05, 3.63) is 59.7 Å². The highest BCUT2D eigenvalue weighted by Crippen LogP contribution is 2.23. The van der Waals surface area contributed by atoms with Crippen molar-refractivity contribution < 1.29 is 19.1 Å². The van der Waals surface area contributed by atoms with E-state index < -0.39 is 0 Å². The molecule has 0 radical (unpaired) electrons. The number of amides is 2. The van der Waals surface area contributed by atoms with Crippen LogP contribution in [0.1, 0.15) is 46.4 Å². The van der Waals surface area contributed by atoms with Crippen molar-refractivity contribution in [2.75, 3.05) is 26.8 Å². The lowest BCUT2D eigenvalue weighted by Gasteiger charge is -2.32. The van der Waals surface area contributed by atoms with Crippen LogP contribution in [0.2, 0.25) is 0 Å². The Bertz CT molecular complexity index is 892. The summed E-state index contributed by atoms with van der Waals surface area (Å²) < 4.78 is 11.2. The van der Waals surface area contributed by atoms with Crippen LogP contribution >= 0.6 is 0 Å². The van der Waals surface area contributed by atoms with Gasteiger partial charge in [-0.05, 0) is 68.1 Å². The molecule has 1 heterocycles. The highest BCUT2D eigenvalue weighted by atomic mass is 16.5. The number of nitrogens with one attached hydrogen (secondary N) is 1. The highest BCUT2D eigenvalue weighted by Gasteiger charge is 2.26. The molecule has 158 valence electrons. The van der Waals surface area contributed by atoms with E-state index in [2.05, 4.69) is 5.32 Å². The fourth-order valence-corrected chi connectivity index (χ4v) is 3.74. The standard InChI is InChI=1S/C24H28N2O4/c1-29-21-11-7-18(8-12-21)24(28)26-13-3-4-17(15-26)16-30-22-6-2-5-19(14-22)23(27)25-20-9-10-20/h2,5-8,11-12,14,17,20H,3-4,9-10,13,15-16H2,1H3,(H,25,27). The SMILES string of the molecule is COc1ccc(C(=O)N2CCCC(COc3cccc(C(=O)NC4CC4)c3)C2)cc1. The second kappa shape index (κ2) is 9.20. The van der Waals surface area contributed by atoms with Crippen LogP contribution in [0.25, 0.3) is 0 Å². The number of likely N-dealkylation sites (tertiary alicyclic amines) is 1. The zero-order valence-corrected chi connectivity index (χ0v) is 17.3. The molecule has 6 heteroatoms. The van der Waals surface area contributed by atoms with Crippen molar-refractivity contribution in [2.45, 2.75) is 31.7 Å². The highest BCUT2D eigenvalue weighted by molar-refractivity contribution is 5.95. The number of hydrogen-bond acceptors (Lipinski definition) is 4. The first-order chi connectivity index (χ1) is 14.6. The third kappa shape index (κ3) is 5.12. The lowest BCUT2D eigenvalue weighted by molar-refractivity contribution is 0.0633. The van der Waals surface area contributed by atoms with Crippen molar-refractivity contribution in [2.24, 2.45) is 5.92 Å². The normalized spacial score (nSPS) is 18.6. The maximum absolute atomic E-state index is 12.8. The molecule has 1 unspecified atom stereocenters. The van der Waals surface area contributed by atoms with Crippen molar-refractivity contribution in [3.63, 3.8) is 0 Å². The smallest absolute Gasteiger partial charge is 0.253 e. The van der Waals surface area contributed by atoms with Gasteiger partial charge in [0.15, 0.2) is 0 Å². The molecule has 2 aromatic rings. The minimum atomic E-state index is -0.0446. The summed E-state index contributed by atoms with van der Waals surface area (Å²) in [6.45, 7) is 1.96. The molecule has 1 N–H and O–H groups in total. The van der Waals surface area contributed by atoms with Crippen LogP contribution in [0, 0.1) is 5.92 Å². The Morgan fingerprint density at radius 3 is 2.57 bits per heavy atom. The van der Waals surface area contributed by atoms with E-state index in [0.29, 0.717) is 36.1 Å². The lowest BCUT2D eigenvalue weighted by Crippen LogP contribution is -2.41. The Morgan fingerprint density at radius 1 is 1.03 bits per heavy atom. The van der Waals surface area contributed by atoms with Crippen molar-refractivity contribution >= 4 is 11.8 Å². The van der Waals surface area contributed by atoms with Crippen LogP contribution in [0.5, 0.6) is 11.5 Å². The number of carbonyl (C=O) groups is 2. The zero-order valence-electron chi connectivity index (χ0n) is 17.3. The zero-order chi connectivity index (χ0) is 20.9. The van der Waals surface area contributed by atoms with Gasteiger partial charge >= 0.3 is 0 Å². The summed E-state index contributed by atoms with van der Waals surface area (Å²) in [6.07, 6.45) is 4.11. The molecule has 2 aromatic carbocycles. The van der Waals surface area contributed by atoms with E-state index in [1.807, 2.05) is 29.2 Å². The van der Waals surface area contributed by atoms with E-state index >= 15 is 0 Å². The molecule has 1 atom stereocenters. The van der Waals surface area contributed by atoms with E-state index in [1.54, 1.807) is 31.4 Å². The van der Waals surface area contributed by atoms with E-state index in [9.17, 15) is 9.59 Å². The van der Waals surface area contributed by atoms with Crippen molar-refractivity contribution in [1.82, 2.24) is 10.2 Å². The molecule has 6 nitrogen and oxygen atoms in total. The second-order valence-corrected chi connectivity index (χ2v) is 8.07. The molecule has 0 bridgehead atoms. The van der Waals surface area contributed by atoms with Gasteiger partial charge in [-0.2, -0.15) is 0 Å². The maximum Gasteiger partial charge on any atom is 0.253 e. The molecule has 1 saturated heterocycles. The number of benzene rings is 2. The summed E-state index contributed by atoms with van der Waals surface area (Å²) >= 11 is 0. The van der Waals surface area contributed by atoms with Crippen LogP contribution in [0.4, 0.5) is 0 Å². The minimum absolute atomic E-state index is 0.0427. The first-order valence-corrected chi connectivity index (χ1v) is 10.6. The van der Waals surface area contributed by atoms with Gasteiger partial charge in [-0.25, -0.2) is 0 Å². The summed E-state index contributed by atoms with van der Waals surface area (Å²) in [4.78, 5) is 27.0. The van der Waals surface area contributed by atoms with Gasteiger partial charge in [-0.15, -0.1) is 0 Å². The molecule has 0 spiro atoms. The van der Waals surface area contributed by atoms with Gasteiger partial charge in [0, 0.05) is 36.2 Å². The molecule has 2 fully saturated rings. The van der Waals surface area contributed by atoms with Gasteiger partial charge in [0.25, 0.3) is 11.8 Å². The largest absolute Gasteiger partial charge is 0.497 e. The third-order valence-corrected chi connectivity index (χ3v) is 5.64. The first-order valence-electron chi connectivity index (χ1n) is 10.6. The van der Waals surface area contributed by atoms with Gasteiger partial charge in [-0.1, -0.05) is 6.07 Å². The van der Waals surface area contributed by atoms with E-state index in [4.69, 9.17) is 9.47 Å². The predicted octanol–water partition coefficient (Wildman–Crippen LogP) is 3.52. The fraction of sp³-hybridized carbons (Fsp3) is 0.417. The van der Waals surface area contributed by atoms with Crippen LogP contribution in [-0.4, -0.2) is 49.6 Å². The number of piperidine rings is 1. The quantitative estimate of drug-likeness (QED) is 0.761. The van der Waals surface area contributed by atoms with Crippen LogP contribution in [-0.2, 0) is 0 Å². The Balaban J connectivity index is 1.31. The number of rotatable bonds is 7. The molecule has 1 aliphatic carbocycles. The average molecular weight is 408 g/mol. The summed E-state index contributed by atoms with van der Waals surface area (Å²) in [5.74, 6) is 1.70. The van der Waals surface area contributed by atoms with Gasteiger partial charge in [0.05, 0.1) is 13.7 Å². The van der Waals surface area contributed by atoms with Crippen molar-refractivity contribution in [1.29, 1.82) is 0 Å². The van der Waals surface area contributed by atoms with Gasteiger partial charge < -0.3 is 19.7 Å². The van der Waals surface area contributed by atoms with Crippen molar-refractivity contribution in [3.8, 4) is 11.5 Å². The van der Waals surface area contributed by atoms with Gasteiger partial charge in [0.1, 0.15) is 11.5 Å². The van der Waals surface area contributed by atoms with Gasteiger partial charge in [-0.3, -0.25) is 9.59 Å². The Morgan fingerprint density at radius 2 is 1.83 bits per heavy atom. The Labute approximate surface area is 177 Å². The topological polar surface area (TPSA) is 67.9 Å². The molecular weight excluding hydrogens is 380 g/mol. The maximum atomic E-state index is 12.8. The third-order valence-electron chi connectivity index (χ3n) is 5.64. The molecule has 2 aliphatic rings. The lowest BCUT2D eigenvalue weighted by atomic mass is 9.98. The molecule has 0 aromatic heterocycles. The Kier molecular flexibility index (Phi) is 6.21. The molecule has 1 saturated carbocycles. The number of ether oxygens (including phenoxy) is 2. The summed E-state index contributed by atoms with van der Waals surface area (Å²) in [5.41, 5.74) is 1.30. The van der Waals surface area contributed by atoms with Crippen LogP contribution < -0.4 is 14.8 Å². The van der Waals surface area contributed by atoms with E-state index in [1.165, 1.54) is 0 Å². The first kappa shape index (κ1) is 20.3.